The van der Waals surface area contributed by atoms with Crippen LogP contribution in [0.5, 0.6) is 0 Å². The van der Waals surface area contributed by atoms with E-state index in [-0.39, 0.29) is 11.4 Å². The number of nitrogens with one attached hydrogen (secondary N) is 1. The summed E-state index contributed by atoms with van der Waals surface area (Å²) in [7, 11) is 0. The summed E-state index contributed by atoms with van der Waals surface area (Å²) in [5, 5.41) is 16.3. The number of hydrazone groups is 1. The van der Waals surface area contributed by atoms with Crippen LogP contribution in [0.3, 0.4) is 0 Å². The Balaban J connectivity index is 1.78. The summed E-state index contributed by atoms with van der Waals surface area (Å²) < 4.78 is 2.11. The lowest BCUT2D eigenvalue weighted by molar-refractivity contribution is -0.114. The fourth-order valence-electron chi connectivity index (χ4n) is 3.46. The Morgan fingerprint density at radius 3 is 2.72 bits per heavy atom. The zero-order valence-corrected chi connectivity index (χ0v) is 18.1. The van der Waals surface area contributed by atoms with Crippen LogP contribution in [-0.4, -0.2) is 31.5 Å². The number of aromatic nitrogens is 1. The smallest absolute Gasteiger partial charge is 0.283 e. The van der Waals surface area contributed by atoms with Gasteiger partial charge in [0.05, 0.1) is 5.57 Å². The monoisotopic (exact) mass is 425 g/mol. The Hall–Kier alpha value is -2.64. The number of amidine groups is 2. The highest BCUT2D eigenvalue weighted by molar-refractivity contribution is 8.26. The largest absolute Gasteiger partial charge is 0.318 e. The van der Waals surface area contributed by atoms with Gasteiger partial charge in [-0.1, -0.05) is 24.6 Å². The molecular weight excluding hydrogens is 406 g/mol. The van der Waals surface area contributed by atoms with Crippen LogP contribution in [0.4, 0.5) is 0 Å². The molecule has 29 heavy (non-hydrogen) atoms. The number of carbonyl (C=O) groups is 1. The molecule has 3 heterocycles. The van der Waals surface area contributed by atoms with Crippen molar-refractivity contribution in [3.05, 3.63) is 57.4 Å². The number of aryl methyl sites for hydroxylation is 2. The normalized spacial score (nSPS) is 17.7. The quantitative estimate of drug-likeness (QED) is 0.696. The maximum absolute atomic E-state index is 12.6. The van der Waals surface area contributed by atoms with Gasteiger partial charge in [-0.25, -0.2) is 0 Å². The van der Waals surface area contributed by atoms with Crippen molar-refractivity contribution in [3.63, 3.8) is 0 Å². The number of carbonyl (C=O) groups excluding carboxylic acids is 1. The highest BCUT2D eigenvalue weighted by atomic mass is 35.5. The van der Waals surface area contributed by atoms with Crippen LogP contribution < -0.4 is 0 Å². The lowest BCUT2D eigenvalue weighted by Gasteiger charge is -2.20. The zero-order chi connectivity index (χ0) is 20.9. The second kappa shape index (κ2) is 7.31. The van der Waals surface area contributed by atoms with Crippen molar-refractivity contribution in [2.24, 2.45) is 10.1 Å². The summed E-state index contributed by atoms with van der Waals surface area (Å²) in [5.74, 6) is -0.357. The molecule has 1 aromatic heterocycles. The summed E-state index contributed by atoms with van der Waals surface area (Å²) in [6.07, 6.45) is 2.47. The van der Waals surface area contributed by atoms with E-state index >= 15 is 0 Å². The van der Waals surface area contributed by atoms with Crippen LogP contribution in [0, 0.1) is 26.2 Å². The van der Waals surface area contributed by atoms with Crippen molar-refractivity contribution in [1.82, 2.24) is 9.58 Å². The minimum Gasteiger partial charge on any atom is -0.318 e. The van der Waals surface area contributed by atoms with E-state index in [1.165, 1.54) is 16.8 Å². The maximum atomic E-state index is 12.6. The van der Waals surface area contributed by atoms with Crippen LogP contribution in [0.15, 0.2) is 39.9 Å². The van der Waals surface area contributed by atoms with Gasteiger partial charge in [-0.3, -0.25) is 10.2 Å². The molecule has 2 aliphatic heterocycles. The lowest BCUT2D eigenvalue weighted by atomic mass is 10.1. The molecule has 0 atom stereocenters. The molecule has 2 aromatic rings. The topological polar surface area (TPSA) is 73.8 Å². The molecule has 0 bridgehead atoms. The first-order valence-electron chi connectivity index (χ1n) is 9.24. The van der Waals surface area contributed by atoms with Crippen LogP contribution in [0.2, 0.25) is 5.02 Å². The minimum absolute atomic E-state index is 0.0553. The highest BCUT2D eigenvalue weighted by Gasteiger charge is 2.35. The van der Waals surface area contributed by atoms with Gasteiger partial charge in [0.1, 0.15) is 5.04 Å². The van der Waals surface area contributed by atoms with E-state index in [1.54, 1.807) is 6.08 Å². The molecule has 1 N–H and O–H groups in total. The molecule has 0 unspecified atom stereocenters. The Kier molecular flexibility index (Phi) is 4.96. The molecule has 0 spiro atoms. The highest BCUT2D eigenvalue weighted by Crippen LogP contribution is 2.31. The van der Waals surface area contributed by atoms with Crippen LogP contribution in [0.1, 0.15) is 35.9 Å². The van der Waals surface area contributed by atoms with Gasteiger partial charge in [-0.15, -0.1) is 0 Å². The number of hydrogen-bond donors (Lipinski definition) is 1. The predicted molar refractivity (Wildman–Crippen MR) is 120 cm³/mol. The van der Waals surface area contributed by atoms with Gasteiger partial charge in [0.25, 0.3) is 5.91 Å². The Labute approximate surface area is 178 Å². The van der Waals surface area contributed by atoms with Gasteiger partial charge >= 0.3 is 0 Å². The zero-order valence-electron chi connectivity index (χ0n) is 16.6. The molecule has 4 rings (SSSR count). The molecule has 0 radical (unpaired) electrons. The molecule has 6 nitrogen and oxygen atoms in total. The SMILES string of the molecule is CCC1=NN2C(=N)/C(=C\c3cc(C)n(-c4cc(Cl)ccc4C)c3C)C(=O)N=C2S1. The molecule has 1 amide bonds. The number of nitrogens with zero attached hydrogens (tertiary/aromatic N) is 4. The van der Waals surface area contributed by atoms with Gasteiger partial charge in [0, 0.05) is 22.1 Å². The van der Waals surface area contributed by atoms with Gasteiger partial charge in [0.2, 0.25) is 5.17 Å². The number of fused-ring (bicyclic) bond motifs is 1. The third-order valence-corrected chi connectivity index (χ3v) is 6.27. The lowest BCUT2D eigenvalue weighted by Crippen LogP contribution is -2.35. The Morgan fingerprint density at radius 1 is 1.24 bits per heavy atom. The number of amides is 1. The van der Waals surface area contributed by atoms with Crippen molar-refractivity contribution >= 4 is 51.4 Å². The maximum Gasteiger partial charge on any atom is 0.283 e. The van der Waals surface area contributed by atoms with Crippen LogP contribution in [0.25, 0.3) is 11.8 Å². The van der Waals surface area contributed by atoms with E-state index in [0.717, 1.165) is 39.7 Å². The number of benzene rings is 1. The summed E-state index contributed by atoms with van der Waals surface area (Å²) in [4.78, 5) is 16.7. The fraction of sp³-hybridized carbons (Fsp3) is 0.238. The second-order valence-corrected chi connectivity index (χ2v) is 8.44. The van der Waals surface area contributed by atoms with Gasteiger partial charge in [-0.2, -0.15) is 15.1 Å². The molecule has 2 aliphatic rings. The van der Waals surface area contributed by atoms with E-state index in [1.807, 2.05) is 52.0 Å². The molecule has 0 aliphatic carbocycles. The van der Waals surface area contributed by atoms with Crippen molar-refractivity contribution < 1.29 is 4.79 Å². The van der Waals surface area contributed by atoms with E-state index in [2.05, 4.69) is 14.7 Å². The summed E-state index contributed by atoms with van der Waals surface area (Å²) in [6.45, 7) is 8.02. The molecule has 1 aromatic carbocycles. The van der Waals surface area contributed by atoms with Crippen LogP contribution in [-0.2, 0) is 4.79 Å². The van der Waals surface area contributed by atoms with Crippen molar-refractivity contribution in [2.75, 3.05) is 0 Å². The average Bonchev–Trinajstić information content (AvgIpc) is 3.21. The number of rotatable bonds is 3. The van der Waals surface area contributed by atoms with E-state index in [4.69, 9.17) is 17.0 Å². The van der Waals surface area contributed by atoms with E-state index in [9.17, 15) is 4.79 Å². The van der Waals surface area contributed by atoms with Gasteiger partial charge in [0.15, 0.2) is 5.84 Å². The summed E-state index contributed by atoms with van der Waals surface area (Å²) >= 11 is 7.56. The van der Waals surface area contributed by atoms with Crippen molar-refractivity contribution in [2.45, 2.75) is 34.1 Å². The molecule has 148 valence electrons. The van der Waals surface area contributed by atoms with Gasteiger partial charge in [-0.05, 0) is 74.4 Å². The first-order chi connectivity index (χ1) is 13.8. The van der Waals surface area contributed by atoms with Gasteiger partial charge < -0.3 is 4.57 Å². The molecule has 0 saturated heterocycles. The minimum atomic E-state index is -0.412. The van der Waals surface area contributed by atoms with Crippen molar-refractivity contribution in [1.29, 1.82) is 5.41 Å². The third-order valence-electron chi connectivity index (χ3n) is 4.98. The Bertz CT molecular complexity index is 1160. The number of thioether (sulfide) groups is 1. The second-order valence-electron chi connectivity index (χ2n) is 6.96. The van der Waals surface area contributed by atoms with E-state index < -0.39 is 5.91 Å². The first kappa shape index (κ1) is 19.7. The Morgan fingerprint density at radius 2 is 2.00 bits per heavy atom. The number of aliphatic imine (C=N–C) groups is 1. The predicted octanol–water partition coefficient (Wildman–Crippen LogP) is 5.09. The van der Waals surface area contributed by atoms with Crippen LogP contribution >= 0.6 is 23.4 Å². The summed E-state index contributed by atoms with van der Waals surface area (Å²) in [6, 6.07) is 7.79. The molecular formula is C21H20ClN5OS. The average molecular weight is 426 g/mol. The molecule has 0 saturated carbocycles. The third kappa shape index (κ3) is 3.34. The number of halogens is 1. The first-order valence-corrected chi connectivity index (χ1v) is 10.4. The standard InChI is InChI=1S/C21H20ClN5OS/c1-5-18-25-27-19(23)16(20(28)24-21(27)29-18)9-14-8-12(3)26(13(14)4)17-10-15(22)7-6-11(17)2/h6-10,23H,5H2,1-4H3/b16-9+,23-19?. The number of hydrogen-bond acceptors (Lipinski definition) is 4. The summed E-state index contributed by atoms with van der Waals surface area (Å²) in [5.41, 5.74) is 5.17. The van der Waals surface area contributed by atoms with E-state index in [0.29, 0.717) is 10.2 Å². The fourth-order valence-corrected chi connectivity index (χ4v) is 4.45. The van der Waals surface area contributed by atoms with Crippen molar-refractivity contribution in [3.8, 4) is 5.69 Å². The molecule has 0 fully saturated rings. The molecule has 8 heteroatoms.